The standard InChI is InChI=1S/C13H10F2N2O2/c14-10-2-1-8(5-11(10)15)6-17-13(19)9-7-16-4-3-12(9)18/h1-5,7H,6H2,(H,16,18)(H,17,19). The fraction of sp³-hybridized carbons (Fsp3) is 0.0769. The number of aromatic nitrogens is 1. The molecule has 6 heteroatoms. The molecule has 1 amide bonds. The van der Waals surface area contributed by atoms with Crippen LogP contribution < -0.4 is 10.7 Å². The Balaban J connectivity index is 2.07. The average molecular weight is 264 g/mol. The third kappa shape index (κ3) is 3.04. The van der Waals surface area contributed by atoms with Crippen LogP contribution in [0, 0.1) is 11.6 Å². The molecule has 1 heterocycles. The maximum absolute atomic E-state index is 12.9. The van der Waals surface area contributed by atoms with Crippen molar-refractivity contribution in [2.24, 2.45) is 0 Å². The molecule has 19 heavy (non-hydrogen) atoms. The van der Waals surface area contributed by atoms with E-state index in [0.717, 1.165) is 12.1 Å². The zero-order valence-electron chi connectivity index (χ0n) is 9.74. The fourth-order valence-corrected chi connectivity index (χ4v) is 1.52. The molecule has 0 aliphatic heterocycles. The molecule has 0 saturated heterocycles. The monoisotopic (exact) mass is 264 g/mol. The molecule has 0 aliphatic carbocycles. The first-order chi connectivity index (χ1) is 9.08. The summed E-state index contributed by atoms with van der Waals surface area (Å²) in [5, 5.41) is 2.45. The van der Waals surface area contributed by atoms with Crippen molar-refractivity contribution in [3.05, 3.63) is 69.6 Å². The second kappa shape index (κ2) is 5.43. The van der Waals surface area contributed by atoms with Crippen molar-refractivity contribution in [2.75, 3.05) is 0 Å². The zero-order chi connectivity index (χ0) is 13.8. The van der Waals surface area contributed by atoms with E-state index in [-0.39, 0.29) is 12.1 Å². The molecule has 0 atom stereocenters. The minimum atomic E-state index is -0.982. The predicted octanol–water partition coefficient (Wildman–Crippen LogP) is 1.58. The summed E-state index contributed by atoms with van der Waals surface area (Å²) in [6.45, 7) is 0.00433. The van der Waals surface area contributed by atoms with Crippen LogP contribution in [0.25, 0.3) is 0 Å². The third-order valence-electron chi connectivity index (χ3n) is 2.51. The molecule has 0 unspecified atom stereocenters. The van der Waals surface area contributed by atoms with Crippen LogP contribution in [0.1, 0.15) is 15.9 Å². The number of benzene rings is 1. The van der Waals surface area contributed by atoms with Crippen LogP contribution in [0.5, 0.6) is 0 Å². The molecular weight excluding hydrogens is 254 g/mol. The number of carbonyl (C=O) groups excluding carboxylic acids is 1. The molecule has 0 saturated carbocycles. The van der Waals surface area contributed by atoms with Crippen LogP contribution >= 0.6 is 0 Å². The van der Waals surface area contributed by atoms with Crippen LogP contribution in [0.2, 0.25) is 0 Å². The van der Waals surface area contributed by atoms with E-state index in [9.17, 15) is 18.4 Å². The summed E-state index contributed by atoms with van der Waals surface area (Å²) >= 11 is 0. The predicted molar refractivity (Wildman–Crippen MR) is 64.6 cm³/mol. The van der Waals surface area contributed by atoms with Gasteiger partial charge in [-0.15, -0.1) is 0 Å². The summed E-state index contributed by atoms with van der Waals surface area (Å²) in [5.74, 6) is -2.51. The second-order valence-electron chi connectivity index (χ2n) is 3.85. The maximum atomic E-state index is 12.9. The number of carbonyl (C=O) groups is 1. The molecule has 1 aromatic carbocycles. The van der Waals surface area contributed by atoms with Gasteiger partial charge in [-0.1, -0.05) is 6.07 Å². The van der Waals surface area contributed by atoms with E-state index in [4.69, 9.17) is 0 Å². The summed E-state index contributed by atoms with van der Waals surface area (Å²) in [7, 11) is 0. The minimum Gasteiger partial charge on any atom is -0.367 e. The number of aromatic amines is 1. The van der Waals surface area contributed by atoms with Crippen molar-refractivity contribution >= 4 is 5.91 Å². The van der Waals surface area contributed by atoms with E-state index in [1.54, 1.807) is 0 Å². The molecule has 2 rings (SSSR count). The van der Waals surface area contributed by atoms with Gasteiger partial charge in [-0.2, -0.15) is 0 Å². The van der Waals surface area contributed by atoms with E-state index < -0.39 is 23.0 Å². The van der Waals surface area contributed by atoms with Gasteiger partial charge in [0.15, 0.2) is 17.1 Å². The number of pyridine rings is 1. The normalized spacial score (nSPS) is 10.2. The highest BCUT2D eigenvalue weighted by Gasteiger charge is 2.09. The number of hydrogen-bond acceptors (Lipinski definition) is 2. The van der Waals surface area contributed by atoms with Crippen LogP contribution in [-0.4, -0.2) is 10.9 Å². The SMILES string of the molecule is O=C(NCc1ccc(F)c(F)c1)c1c[nH]ccc1=O. The smallest absolute Gasteiger partial charge is 0.257 e. The quantitative estimate of drug-likeness (QED) is 0.884. The fourth-order valence-electron chi connectivity index (χ4n) is 1.52. The molecule has 0 aliphatic rings. The first-order valence-electron chi connectivity index (χ1n) is 5.47. The lowest BCUT2D eigenvalue weighted by Gasteiger charge is -2.05. The Morgan fingerprint density at radius 3 is 2.68 bits per heavy atom. The molecule has 98 valence electrons. The first kappa shape index (κ1) is 12.9. The van der Waals surface area contributed by atoms with Gasteiger partial charge in [0.05, 0.1) is 0 Å². The Morgan fingerprint density at radius 2 is 2.00 bits per heavy atom. The van der Waals surface area contributed by atoms with E-state index in [1.165, 1.54) is 24.5 Å². The van der Waals surface area contributed by atoms with Crippen molar-refractivity contribution < 1.29 is 13.6 Å². The Hall–Kier alpha value is -2.50. The van der Waals surface area contributed by atoms with Crippen LogP contribution in [0.15, 0.2) is 41.5 Å². The summed E-state index contributed by atoms with van der Waals surface area (Å²) in [6, 6.07) is 4.55. The highest BCUT2D eigenvalue weighted by Crippen LogP contribution is 2.08. The van der Waals surface area contributed by atoms with Gasteiger partial charge in [-0.3, -0.25) is 9.59 Å². The van der Waals surface area contributed by atoms with Gasteiger partial charge >= 0.3 is 0 Å². The molecule has 2 aromatic rings. The molecule has 0 fully saturated rings. The van der Waals surface area contributed by atoms with E-state index in [2.05, 4.69) is 10.3 Å². The molecule has 0 radical (unpaired) electrons. The summed E-state index contributed by atoms with van der Waals surface area (Å²) in [5.41, 5.74) is -0.0498. The van der Waals surface area contributed by atoms with Gasteiger partial charge < -0.3 is 10.3 Å². The lowest BCUT2D eigenvalue weighted by molar-refractivity contribution is 0.0949. The van der Waals surface area contributed by atoms with Crippen molar-refractivity contribution in [3.8, 4) is 0 Å². The van der Waals surface area contributed by atoms with Crippen molar-refractivity contribution in [1.29, 1.82) is 0 Å². The number of rotatable bonds is 3. The van der Waals surface area contributed by atoms with Gasteiger partial charge in [0.1, 0.15) is 5.56 Å². The largest absolute Gasteiger partial charge is 0.367 e. The van der Waals surface area contributed by atoms with Gasteiger partial charge in [-0.25, -0.2) is 8.78 Å². The Morgan fingerprint density at radius 1 is 1.21 bits per heavy atom. The number of halogens is 2. The summed E-state index contributed by atoms with van der Waals surface area (Å²) < 4.78 is 25.7. The highest BCUT2D eigenvalue weighted by atomic mass is 19.2. The summed E-state index contributed by atoms with van der Waals surface area (Å²) in [4.78, 5) is 25.7. The van der Waals surface area contributed by atoms with E-state index in [0.29, 0.717) is 5.56 Å². The van der Waals surface area contributed by atoms with Gasteiger partial charge in [0, 0.05) is 25.0 Å². The van der Waals surface area contributed by atoms with Crippen molar-refractivity contribution in [3.63, 3.8) is 0 Å². The average Bonchev–Trinajstić information content (AvgIpc) is 2.40. The van der Waals surface area contributed by atoms with Crippen LogP contribution in [-0.2, 0) is 6.54 Å². The van der Waals surface area contributed by atoms with E-state index in [1.807, 2.05) is 0 Å². The number of nitrogens with one attached hydrogen (secondary N) is 2. The Bertz CT molecular complexity index is 668. The maximum Gasteiger partial charge on any atom is 0.257 e. The molecular formula is C13H10F2N2O2. The van der Waals surface area contributed by atoms with Crippen LogP contribution in [0.4, 0.5) is 8.78 Å². The number of hydrogen-bond donors (Lipinski definition) is 2. The second-order valence-corrected chi connectivity index (χ2v) is 3.85. The molecule has 1 aromatic heterocycles. The first-order valence-corrected chi connectivity index (χ1v) is 5.47. The Kier molecular flexibility index (Phi) is 3.70. The van der Waals surface area contributed by atoms with Crippen molar-refractivity contribution in [2.45, 2.75) is 6.54 Å². The molecule has 2 N–H and O–H groups in total. The highest BCUT2D eigenvalue weighted by molar-refractivity contribution is 5.93. The molecule has 0 bridgehead atoms. The van der Waals surface area contributed by atoms with Crippen molar-refractivity contribution in [1.82, 2.24) is 10.3 Å². The molecule has 0 spiro atoms. The van der Waals surface area contributed by atoms with Gasteiger partial charge in [0.25, 0.3) is 5.91 Å². The zero-order valence-corrected chi connectivity index (χ0v) is 9.74. The number of H-pyrrole nitrogens is 1. The van der Waals surface area contributed by atoms with Crippen LogP contribution in [0.3, 0.4) is 0 Å². The third-order valence-corrected chi connectivity index (χ3v) is 2.51. The Labute approximate surface area is 107 Å². The lowest BCUT2D eigenvalue weighted by Crippen LogP contribution is -2.28. The minimum absolute atomic E-state index is 0.00433. The van der Waals surface area contributed by atoms with Gasteiger partial charge in [0.2, 0.25) is 0 Å². The lowest BCUT2D eigenvalue weighted by atomic mass is 10.2. The number of amides is 1. The van der Waals surface area contributed by atoms with Gasteiger partial charge in [-0.05, 0) is 17.7 Å². The topological polar surface area (TPSA) is 62.0 Å². The molecule has 4 nitrogen and oxygen atoms in total. The summed E-state index contributed by atoms with van der Waals surface area (Å²) in [6.07, 6.45) is 2.69. The van der Waals surface area contributed by atoms with E-state index >= 15 is 0 Å².